The van der Waals surface area contributed by atoms with Gasteiger partial charge in [0.1, 0.15) is 5.82 Å². The lowest BCUT2D eigenvalue weighted by Crippen LogP contribution is -2.42. The number of carbonyl (C=O) groups is 3. The van der Waals surface area contributed by atoms with Crippen LogP contribution in [-0.2, 0) is 40.1 Å². The fourth-order valence-corrected chi connectivity index (χ4v) is 3.14. The zero-order valence-electron chi connectivity index (χ0n) is 18.1. The van der Waals surface area contributed by atoms with Crippen molar-refractivity contribution in [1.82, 2.24) is 19.7 Å². The van der Waals surface area contributed by atoms with E-state index in [2.05, 4.69) is 10.2 Å². The number of nitrogens with zero attached hydrogens (tertiary/aromatic N) is 4. The highest BCUT2D eigenvalue weighted by molar-refractivity contribution is 5.87. The molecule has 36 heavy (non-hydrogen) atoms. The third-order valence-electron chi connectivity index (χ3n) is 4.72. The normalized spacial score (nSPS) is 14.1. The number of amides is 1. The number of carboxylic acids is 2. The molecule has 0 aliphatic carbocycles. The van der Waals surface area contributed by atoms with Crippen LogP contribution in [0.1, 0.15) is 23.6 Å². The summed E-state index contributed by atoms with van der Waals surface area (Å²) in [6.07, 6.45) is -4.34. The lowest BCUT2D eigenvalue weighted by molar-refractivity contribution is -0.301. The third kappa shape index (κ3) is 7.79. The van der Waals surface area contributed by atoms with Crippen molar-refractivity contribution >= 4 is 17.8 Å². The highest BCUT2D eigenvalue weighted by Gasteiger charge is 2.40. The first-order valence-electron chi connectivity index (χ1n) is 9.95. The summed E-state index contributed by atoms with van der Waals surface area (Å²) < 4.78 is 79.3. The monoisotopic (exact) mass is 521 g/mol. The van der Waals surface area contributed by atoms with E-state index in [1.54, 1.807) is 0 Å². The number of aliphatic carboxylic acids is 2. The van der Waals surface area contributed by atoms with E-state index in [9.17, 15) is 50.9 Å². The van der Waals surface area contributed by atoms with E-state index < -0.39 is 53.3 Å². The number of alkyl halides is 3. The van der Waals surface area contributed by atoms with Gasteiger partial charge in [-0.3, -0.25) is 4.79 Å². The van der Waals surface area contributed by atoms with Crippen molar-refractivity contribution in [3.05, 3.63) is 58.9 Å². The molecule has 1 aromatic heterocycles. The van der Waals surface area contributed by atoms with Gasteiger partial charge in [0, 0.05) is 31.6 Å². The van der Waals surface area contributed by atoms with Gasteiger partial charge < -0.3 is 35.0 Å². The van der Waals surface area contributed by atoms with Crippen molar-refractivity contribution < 1.29 is 50.9 Å². The first-order chi connectivity index (χ1) is 16.7. The summed E-state index contributed by atoms with van der Waals surface area (Å²) in [5.41, 5.74) is 5.64. The van der Waals surface area contributed by atoms with Crippen LogP contribution in [-0.4, -0.2) is 50.1 Å². The van der Waals surface area contributed by atoms with Crippen LogP contribution >= 0.6 is 0 Å². The molecule has 0 radical (unpaired) electrons. The van der Waals surface area contributed by atoms with Crippen molar-refractivity contribution in [1.29, 1.82) is 0 Å². The Labute approximate surface area is 198 Å². The van der Waals surface area contributed by atoms with Crippen molar-refractivity contribution in [3.8, 4) is 0 Å². The van der Waals surface area contributed by atoms with Crippen molar-refractivity contribution in [3.63, 3.8) is 0 Å². The molecule has 1 atom stereocenters. The molecule has 0 spiro atoms. The molecule has 2 N–H and O–H groups in total. The highest BCUT2D eigenvalue weighted by atomic mass is 19.4. The topological polar surface area (TPSA) is 157 Å². The van der Waals surface area contributed by atoms with Gasteiger partial charge in [0.05, 0.1) is 18.5 Å². The summed E-state index contributed by atoms with van der Waals surface area (Å²) in [7, 11) is 0. The lowest BCUT2D eigenvalue weighted by atomic mass is 10.0. The van der Waals surface area contributed by atoms with Gasteiger partial charge in [0.15, 0.2) is 17.5 Å². The average Bonchev–Trinajstić information content (AvgIpc) is 3.20. The van der Waals surface area contributed by atoms with Gasteiger partial charge in [-0.2, -0.15) is 13.2 Å². The summed E-state index contributed by atoms with van der Waals surface area (Å²) in [4.78, 5) is 32.5. The predicted molar refractivity (Wildman–Crippen MR) is 102 cm³/mol. The molecule has 196 valence electrons. The number of hydrogen-bond donors (Lipinski definition) is 1. The van der Waals surface area contributed by atoms with Crippen LogP contribution in [0.3, 0.4) is 0 Å². The van der Waals surface area contributed by atoms with Crippen LogP contribution in [0.25, 0.3) is 0 Å². The summed E-state index contributed by atoms with van der Waals surface area (Å²) in [5.74, 6) is -8.24. The molecule has 1 aromatic carbocycles. The molecule has 1 aliphatic rings. The first-order valence-corrected chi connectivity index (χ1v) is 9.95. The number of nitrogens with two attached hydrogens (primary N) is 1. The maximum atomic E-state index is 13.7. The second-order valence-corrected chi connectivity index (χ2v) is 7.40. The number of fused-ring (bicyclic) bond motifs is 1. The fourth-order valence-electron chi connectivity index (χ4n) is 3.14. The second-order valence-electron chi connectivity index (χ2n) is 7.40. The molecule has 0 unspecified atom stereocenters. The van der Waals surface area contributed by atoms with E-state index in [0.717, 1.165) is 4.57 Å². The minimum Gasteiger partial charge on any atom is -0.545 e. The summed E-state index contributed by atoms with van der Waals surface area (Å²) in [6.45, 7) is -0.302. The van der Waals surface area contributed by atoms with Gasteiger partial charge in [-0.15, -0.1) is 10.2 Å². The standard InChI is InChI=1S/C16H15F6N5O.C4H4O4/c17-10-6-12(19)11(18)4-8(10)3-9(23)5-14(28)26-1-2-27-13(7-26)24-25-15(27)16(20,21)22;5-3(6)1-2-4(7)8/h4,6,9H,1-3,5,7,23H2;1-2H,(H,5,6)(H,7,8)/p-2/b;2-1+/t9-;/m1./s1. The Bertz CT molecular complexity index is 1150. The Morgan fingerprint density at radius 2 is 1.58 bits per heavy atom. The predicted octanol–water partition coefficient (Wildman–Crippen LogP) is -0.941. The van der Waals surface area contributed by atoms with E-state index in [1.807, 2.05) is 0 Å². The fraction of sp³-hybridized carbons (Fsp3) is 0.350. The van der Waals surface area contributed by atoms with Crippen LogP contribution in [0, 0.1) is 17.5 Å². The van der Waals surface area contributed by atoms with Crippen LogP contribution < -0.4 is 15.9 Å². The van der Waals surface area contributed by atoms with Gasteiger partial charge in [-0.25, -0.2) is 13.2 Å². The number of carboxylic acid groups (broad SMARTS) is 2. The molecular weight excluding hydrogens is 504 g/mol. The quantitative estimate of drug-likeness (QED) is 0.290. The van der Waals surface area contributed by atoms with Gasteiger partial charge in [-0.05, 0) is 30.2 Å². The van der Waals surface area contributed by atoms with Crippen LogP contribution in [0.15, 0.2) is 24.3 Å². The van der Waals surface area contributed by atoms with Crippen LogP contribution in [0.2, 0.25) is 0 Å². The van der Waals surface area contributed by atoms with Gasteiger partial charge >= 0.3 is 6.18 Å². The SMILES string of the molecule is N[C@@H](CC(=O)N1CCn2c(nnc2C(F)(F)F)C1)Cc1cc(F)c(F)cc1F.O=C([O-])/C=C/C(=O)[O-]. The Hall–Kier alpha value is -3.95. The molecule has 16 heteroatoms. The molecule has 0 saturated heterocycles. The van der Waals surface area contributed by atoms with Crippen molar-refractivity contribution in [2.24, 2.45) is 5.73 Å². The van der Waals surface area contributed by atoms with Crippen LogP contribution in [0.4, 0.5) is 26.3 Å². The molecule has 2 heterocycles. The van der Waals surface area contributed by atoms with E-state index >= 15 is 0 Å². The largest absolute Gasteiger partial charge is 0.545 e. The van der Waals surface area contributed by atoms with Gasteiger partial charge in [0.25, 0.3) is 0 Å². The summed E-state index contributed by atoms with van der Waals surface area (Å²) >= 11 is 0. The molecule has 10 nitrogen and oxygen atoms in total. The number of halogens is 6. The molecule has 2 aromatic rings. The number of hydrogen-bond acceptors (Lipinski definition) is 8. The number of rotatable bonds is 6. The maximum Gasteiger partial charge on any atom is 0.451 e. The van der Waals surface area contributed by atoms with Crippen molar-refractivity contribution in [2.75, 3.05) is 6.54 Å². The number of benzene rings is 1. The zero-order chi connectivity index (χ0) is 27.2. The average molecular weight is 521 g/mol. The minimum atomic E-state index is -4.64. The molecule has 0 saturated carbocycles. The summed E-state index contributed by atoms with van der Waals surface area (Å²) in [5, 5.41) is 25.4. The van der Waals surface area contributed by atoms with Crippen LogP contribution in [0.5, 0.6) is 0 Å². The van der Waals surface area contributed by atoms with Gasteiger partial charge in [0.2, 0.25) is 11.7 Å². The van der Waals surface area contributed by atoms with E-state index in [4.69, 9.17) is 5.73 Å². The van der Waals surface area contributed by atoms with Crippen molar-refractivity contribution in [2.45, 2.75) is 38.1 Å². The number of carbonyl (C=O) groups excluding carboxylic acids is 3. The van der Waals surface area contributed by atoms with E-state index in [1.165, 1.54) is 4.90 Å². The Morgan fingerprint density at radius 3 is 2.14 bits per heavy atom. The smallest absolute Gasteiger partial charge is 0.451 e. The molecule has 0 fully saturated rings. The Balaban J connectivity index is 0.000000493. The van der Waals surface area contributed by atoms with Gasteiger partial charge in [-0.1, -0.05) is 0 Å². The minimum absolute atomic E-state index is 0.000783. The highest BCUT2D eigenvalue weighted by Crippen LogP contribution is 2.29. The third-order valence-corrected chi connectivity index (χ3v) is 4.72. The molecular formula is C20H17F6N5O5-2. The second kappa shape index (κ2) is 11.7. The summed E-state index contributed by atoms with van der Waals surface area (Å²) in [6, 6.07) is 0.184. The zero-order valence-corrected chi connectivity index (χ0v) is 18.1. The first kappa shape index (κ1) is 28.3. The molecule has 1 aliphatic heterocycles. The number of aromatic nitrogens is 3. The Kier molecular flexibility index (Phi) is 9.16. The van der Waals surface area contributed by atoms with E-state index in [-0.39, 0.29) is 43.9 Å². The Morgan fingerprint density at radius 1 is 1.00 bits per heavy atom. The van der Waals surface area contributed by atoms with E-state index in [0.29, 0.717) is 24.3 Å². The lowest BCUT2D eigenvalue weighted by Gasteiger charge is -2.29. The molecule has 1 amide bonds. The molecule has 3 rings (SSSR count). The molecule has 0 bridgehead atoms. The maximum absolute atomic E-state index is 13.7.